The van der Waals surface area contributed by atoms with Crippen LogP contribution in [0.25, 0.3) is 0 Å². The van der Waals surface area contributed by atoms with Crippen LogP contribution in [0.2, 0.25) is 10.0 Å². The van der Waals surface area contributed by atoms with E-state index in [0.717, 1.165) is 5.01 Å². The van der Waals surface area contributed by atoms with Crippen molar-refractivity contribution in [2.45, 2.75) is 34.6 Å². The van der Waals surface area contributed by atoms with Crippen LogP contribution in [0.15, 0.2) is 23.3 Å². The number of carbonyl (C=O) groups is 5. The fraction of sp³-hybridized carbons (Fsp3) is 0.429. The van der Waals surface area contributed by atoms with E-state index in [0.29, 0.717) is 10.7 Å². The molecule has 9 nitrogen and oxygen atoms in total. The minimum absolute atomic E-state index is 0.0721. The molecule has 0 bridgehead atoms. The van der Waals surface area contributed by atoms with Crippen molar-refractivity contribution in [2.24, 2.45) is 16.9 Å². The van der Waals surface area contributed by atoms with Crippen molar-refractivity contribution in [3.63, 3.8) is 0 Å². The Kier molecular flexibility index (Phi) is 10.5. The zero-order valence-electron chi connectivity index (χ0n) is 18.3. The zero-order chi connectivity index (χ0) is 24.6. The lowest BCUT2D eigenvalue weighted by Gasteiger charge is -2.14. The first-order chi connectivity index (χ1) is 15.0. The van der Waals surface area contributed by atoms with E-state index in [1.807, 2.05) is 0 Å². The second kappa shape index (κ2) is 12.3. The number of esters is 2. The largest absolute Gasteiger partial charge is 0.461 e. The van der Waals surface area contributed by atoms with Crippen LogP contribution in [-0.4, -0.2) is 48.3 Å². The smallest absolute Gasteiger partial charge is 0.375 e. The Labute approximate surface area is 195 Å². The standard InChI is InChI=1S/C13H12Cl2N2O3.C8H12O4/c1-3-20-13(19)11-7(2)12(18)17(16-11)10-5-4-8(14)6-9(10)15;1-4-12-8(11)7(10)5(2)6(3)9/h4-7H,3H2,1-2H3;5H,4H2,1-3H3. The van der Waals surface area contributed by atoms with Gasteiger partial charge >= 0.3 is 11.9 Å². The highest BCUT2D eigenvalue weighted by molar-refractivity contribution is 6.44. The van der Waals surface area contributed by atoms with Crippen LogP contribution in [0.4, 0.5) is 5.69 Å². The highest BCUT2D eigenvalue weighted by atomic mass is 35.5. The third-order valence-electron chi connectivity index (χ3n) is 4.30. The molecule has 1 aromatic carbocycles. The third kappa shape index (κ3) is 6.86. The number of hydrogen-bond donors (Lipinski definition) is 0. The predicted octanol–water partition coefficient (Wildman–Crippen LogP) is 3.24. The van der Waals surface area contributed by atoms with Crippen molar-refractivity contribution in [1.82, 2.24) is 0 Å². The molecule has 1 aliphatic rings. The molecule has 2 atom stereocenters. The van der Waals surface area contributed by atoms with E-state index in [1.54, 1.807) is 32.9 Å². The van der Waals surface area contributed by atoms with Gasteiger partial charge in [-0.05, 0) is 52.8 Å². The van der Waals surface area contributed by atoms with Crippen LogP contribution in [-0.2, 0) is 33.4 Å². The van der Waals surface area contributed by atoms with Gasteiger partial charge < -0.3 is 9.47 Å². The van der Waals surface area contributed by atoms with Gasteiger partial charge in [-0.2, -0.15) is 10.1 Å². The van der Waals surface area contributed by atoms with Gasteiger partial charge in [-0.1, -0.05) is 23.2 Å². The Balaban J connectivity index is 0.000000368. The molecule has 1 amide bonds. The second-order valence-corrected chi connectivity index (χ2v) is 7.43. The molecule has 2 unspecified atom stereocenters. The van der Waals surface area contributed by atoms with E-state index in [4.69, 9.17) is 27.9 Å². The summed E-state index contributed by atoms with van der Waals surface area (Å²) in [4.78, 5) is 56.3. The van der Waals surface area contributed by atoms with E-state index in [-0.39, 0.29) is 35.6 Å². The Morgan fingerprint density at radius 2 is 1.72 bits per heavy atom. The van der Waals surface area contributed by atoms with Crippen molar-refractivity contribution < 1.29 is 33.4 Å². The molecule has 1 aliphatic heterocycles. The van der Waals surface area contributed by atoms with E-state index in [2.05, 4.69) is 9.84 Å². The lowest BCUT2D eigenvalue weighted by molar-refractivity contribution is -0.156. The van der Waals surface area contributed by atoms with Gasteiger partial charge in [0.15, 0.2) is 5.71 Å². The molecule has 2 rings (SSSR count). The van der Waals surface area contributed by atoms with Crippen molar-refractivity contribution >= 4 is 64.0 Å². The van der Waals surface area contributed by atoms with Crippen LogP contribution in [0, 0.1) is 11.8 Å². The molecule has 0 aliphatic carbocycles. The summed E-state index contributed by atoms with van der Waals surface area (Å²) in [5.74, 6) is -4.51. The maximum Gasteiger partial charge on any atom is 0.375 e. The van der Waals surface area contributed by atoms with Crippen molar-refractivity contribution in [3.05, 3.63) is 28.2 Å². The molecular weight excluding hydrogens is 463 g/mol. The summed E-state index contributed by atoms with van der Waals surface area (Å²) in [7, 11) is 0. The monoisotopic (exact) mass is 486 g/mol. The molecule has 0 aromatic heterocycles. The van der Waals surface area contributed by atoms with Crippen LogP contribution in [0.3, 0.4) is 0 Å². The number of anilines is 1. The summed E-state index contributed by atoms with van der Waals surface area (Å²) in [6.45, 7) is 7.91. The molecular formula is C21H24Cl2N2O7. The number of benzene rings is 1. The van der Waals surface area contributed by atoms with Crippen molar-refractivity contribution in [1.29, 1.82) is 0 Å². The van der Waals surface area contributed by atoms with E-state index >= 15 is 0 Å². The van der Waals surface area contributed by atoms with Crippen LogP contribution >= 0.6 is 23.2 Å². The molecule has 1 aromatic rings. The molecule has 0 radical (unpaired) electrons. The fourth-order valence-corrected chi connectivity index (χ4v) is 2.84. The van der Waals surface area contributed by atoms with Gasteiger partial charge in [-0.3, -0.25) is 14.4 Å². The van der Waals surface area contributed by atoms with Gasteiger partial charge in [0.1, 0.15) is 5.78 Å². The van der Waals surface area contributed by atoms with Crippen LogP contribution in [0.1, 0.15) is 34.6 Å². The van der Waals surface area contributed by atoms with Gasteiger partial charge in [0.2, 0.25) is 5.78 Å². The number of ketones is 2. The Bertz CT molecular complexity index is 946. The highest BCUT2D eigenvalue weighted by Crippen LogP contribution is 2.32. The lowest BCUT2D eigenvalue weighted by atomic mass is 10.0. The van der Waals surface area contributed by atoms with Gasteiger partial charge in [0.25, 0.3) is 5.91 Å². The third-order valence-corrected chi connectivity index (χ3v) is 4.84. The molecule has 32 heavy (non-hydrogen) atoms. The predicted molar refractivity (Wildman–Crippen MR) is 119 cm³/mol. The minimum Gasteiger partial charge on any atom is -0.461 e. The Morgan fingerprint density at radius 1 is 1.12 bits per heavy atom. The maximum absolute atomic E-state index is 12.2. The number of halogens is 2. The number of hydrazone groups is 1. The number of nitrogens with zero attached hydrogens (tertiary/aromatic N) is 2. The number of ether oxygens (including phenoxy) is 2. The number of amides is 1. The van der Waals surface area contributed by atoms with E-state index < -0.39 is 29.6 Å². The molecule has 0 saturated carbocycles. The topological polar surface area (TPSA) is 119 Å². The Hall–Kier alpha value is -2.78. The van der Waals surface area contributed by atoms with E-state index in [9.17, 15) is 24.0 Å². The average Bonchev–Trinajstić information content (AvgIpc) is 3.02. The first-order valence-electron chi connectivity index (χ1n) is 9.72. The molecule has 1 heterocycles. The van der Waals surface area contributed by atoms with Crippen LogP contribution in [0.5, 0.6) is 0 Å². The Morgan fingerprint density at radius 3 is 2.22 bits per heavy atom. The number of Topliss-reactive ketones (excluding diaryl/α,β-unsaturated/α-hetero) is 2. The molecule has 0 spiro atoms. The summed E-state index contributed by atoms with van der Waals surface area (Å²) < 4.78 is 9.31. The highest BCUT2D eigenvalue weighted by Gasteiger charge is 2.38. The van der Waals surface area contributed by atoms with Gasteiger partial charge in [-0.25, -0.2) is 9.59 Å². The number of rotatable bonds is 7. The molecule has 174 valence electrons. The number of carbonyl (C=O) groups excluding carboxylic acids is 5. The average molecular weight is 487 g/mol. The summed E-state index contributed by atoms with van der Waals surface area (Å²) in [5.41, 5.74) is 0.454. The first kappa shape index (κ1) is 27.3. The fourth-order valence-electron chi connectivity index (χ4n) is 2.36. The van der Waals surface area contributed by atoms with Crippen molar-refractivity contribution in [3.8, 4) is 0 Å². The SMILES string of the molecule is CCOC(=O)C(=O)C(C)C(C)=O.CCOC(=O)C1=NN(c2ccc(Cl)cc2Cl)C(=O)C1C. The van der Waals surface area contributed by atoms with Gasteiger partial charge in [0.05, 0.1) is 35.8 Å². The summed E-state index contributed by atoms with van der Waals surface area (Å²) >= 11 is 11.9. The molecule has 0 N–H and O–H groups in total. The normalized spacial score (nSPS) is 15.8. The first-order valence-corrected chi connectivity index (χ1v) is 10.5. The maximum atomic E-state index is 12.2. The van der Waals surface area contributed by atoms with Crippen molar-refractivity contribution in [2.75, 3.05) is 18.2 Å². The summed E-state index contributed by atoms with van der Waals surface area (Å²) in [5, 5.41) is 5.87. The molecule has 0 saturated heterocycles. The van der Waals surface area contributed by atoms with Crippen LogP contribution < -0.4 is 5.01 Å². The van der Waals surface area contributed by atoms with E-state index in [1.165, 1.54) is 19.9 Å². The second-order valence-electron chi connectivity index (χ2n) is 6.59. The summed E-state index contributed by atoms with van der Waals surface area (Å²) in [6, 6.07) is 4.68. The summed E-state index contributed by atoms with van der Waals surface area (Å²) in [6.07, 6.45) is 0. The quantitative estimate of drug-likeness (QED) is 0.329. The zero-order valence-corrected chi connectivity index (χ0v) is 19.8. The lowest BCUT2D eigenvalue weighted by Crippen LogP contribution is -2.28. The van der Waals surface area contributed by atoms with Gasteiger partial charge in [0, 0.05) is 5.02 Å². The van der Waals surface area contributed by atoms with Gasteiger partial charge in [-0.15, -0.1) is 0 Å². The molecule has 0 fully saturated rings. The number of hydrogen-bond acceptors (Lipinski definition) is 8. The molecule has 11 heteroatoms. The minimum atomic E-state index is -0.930.